The molecular formula is C26H40O3. The van der Waals surface area contributed by atoms with Gasteiger partial charge in [0, 0.05) is 19.3 Å². The van der Waals surface area contributed by atoms with Crippen LogP contribution in [0.15, 0.2) is 12.7 Å². The molecule has 3 heteroatoms. The third-order valence-electron chi connectivity index (χ3n) is 10.3. The summed E-state index contributed by atoms with van der Waals surface area (Å²) in [5.41, 5.74) is 0.767. The van der Waals surface area contributed by atoms with Crippen molar-refractivity contribution in [1.82, 2.24) is 0 Å². The Labute approximate surface area is 177 Å². The zero-order valence-electron chi connectivity index (χ0n) is 18.8. The smallest absolute Gasteiger partial charge is 0.305 e. The third-order valence-corrected chi connectivity index (χ3v) is 10.3. The highest BCUT2D eigenvalue weighted by Crippen LogP contribution is 2.68. The Hall–Kier alpha value is -1.12. The fourth-order valence-electron chi connectivity index (χ4n) is 8.66. The summed E-state index contributed by atoms with van der Waals surface area (Å²) in [6, 6.07) is 0. The normalized spacial score (nSPS) is 44.9. The molecule has 0 bridgehead atoms. The second-order valence-electron chi connectivity index (χ2n) is 11.1. The lowest BCUT2D eigenvalue weighted by molar-refractivity contribution is -0.141. The van der Waals surface area contributed by atoms with Gasteiger partial charge in [0.15, 0.2) is 0 Å². The molecule has 0 aromatic rings. The largest absolute Gasteiger partial charge is 0.469 e. The molecule has 4 fully saturated rings. The Bertz CT molecular complexity index is 669. The monoisotopic (exact) mass is 400 g/mol. The third kappa shape index (κ3) is 3.41. The summed E-state index contributed by atoms with van der Waals surface area (Å²) in [5.74, 6) is 4.55. The predicted molar refractivity (Wildman–Crippen MR) is 115 cm³/mol. The van der Waals surface area contributed by atoms with Crippen LogP contribution >= 0.6 is 0 Å². The molecule has 3 nitrogen and oxygen atoms in total. The highest BCUT2D eigenvalue weighted by Gasteiger charge is 2.60. The number of carbonyl (C=O) groups excluding carboxylic acids is 2. The quantitative estimate of drug-likeness (QED) is 0.422. The summed E-state index contributed by atoms with van der Waals surface area (Å²) < 4.78 is 4.88. The van der Waals surface area contributed by atoms with Crippen molar-refractivity contribution in [3.8, 4) is 0 Å². The first kappa shape index (κ1) is 21.1. The van der Waals surface area contributed by atoms with Gasteiger partial charge in [0.25, 0.3) is 0 Å². The molecule has 8 atom stereocenters. The van der Waals surface area contributed by atoms with Gasteiger partial charge in [0.1, 0.15) is 5.78 Å². The van der Waals surface area contributed by atoms with Crippen LogP contribution in [-0.2, 0) is 14.3 Å². The van der Waals surface area contributed by atoms with Gasteiger partial charge in [0.2, 0.25) is 0 Å². The van der Waals surface area contributed by atoms with E-state index in [0.717, 1.165) is 43.4 Å². The molecule has 0 heterocycles. The fourth-order valence-corrected chi connectivity index (χ4v) is 8.66. The first-order valence-corrected chi connectivity index (χ1v) is 12.0. The van der Waals surface area contributed by atoms with Crippen LogP contribution in [0.1, 0.15) is 84.5 Å². The highest BCUT2D eigenvalue weighted by molar-refractivity contribution is 5.79. The minimum absolute atomic E-state index is 0.0987. The zero-order valence-corrected chi connectivity index (χ0v) is 18.8. The molecule has 0 radical (unpaired) electrons. The number of ether oxygens (including phenoxy) is 1. The molecular weight excluding hydrogens is 360 g/mol. The van der Waals surface area contributed by atoms with Crippen LogP contribution in [0.4, 0.5) is 0 Å². The molecule has 0 aliphatic heterocycles. The minimum Gasteiger partial charge on any atom is -0.469 e. The minimum atomic E-state index is -0.0987. The van der Waals surface area contributed by atoms with Gasteiger partial charge in [-0.25, -0.2) is 0 Å². The molecule has 4 saturated carbocycles. The van der Waals surface area contributed by atoms with Crippen molar-refractivity contribution in [2.24, 2.45) is 46.3 Å². The van der Waals surface area contributed by atoms with E-state index in [9.17, 15) is 9.59 Å². The van der Waals surface area contributed by atoms with Gasteiger partial charge in [-0.2, -0.15) is 0 Å². The average molecular weight is 401 g/mol. The Morgan fingerprint density at radius 1 is 1.14 bits per heavy atom. The van der Waals surface area contributed by atoms with E-state index < -0.39 is 0 Å². The second-order valence-corrected chi connectivity index (χ2v) is 11.1. The first-order chi connectivity index (χ1) is 13.8. The van der Waals surface area contributed by atoms with Crippen LogP contribution in [0.5, 0.6) is 0 Å². The average Bonchev–Trinajstić information content (AvgIpc) is 3.06. The van der Waals surface area contributed by atoms with E-state index in [0.29, 0.717) is 40.8 Å². The van der Waals surface area contributed by atoms with E-state index in [1.54, 1.807) is 0 Å². The lowest BCUT2D eigenvalue weighted by Gasteiger charge is -2.60. The van der Waals surface area contributed by atoms with Gasteiger partial charge >= 0.3 is 5.97 Å². The van der Waals surface area contributed by atoms with Crippen LogP contribution in [-0.4, -0.2) is 18.9 Å². The summed E-state index contributed by atoms with van der Waals surface area (Å²) in [7, 11) is 1.48. The molecule has 0 N–H and O–H groups in total. The van der Waals surface area contributed by atoms with Crippen LogP contribution in [0, 0.1) is 46.3 Å². The lowest BCUT2D eigenvalue weighted by Crippen LogP contribution is -2.53. The first-order valence-electron chi connectivity index (χ1n) is 12.0. The number of methoxy groups -OCH3 is 1. The summed E-state index contributed by atoms with van der Waals surface area (Å²) in [4.78, 5) is 23.8. The number of rotatable bonds is 5. The van der Waals surface area contributed by atoms with E-state index in [2.05, 4.69) is 26.5 Å². The zero-order chi connectivity index (χ0) is 20.8. The van der Waals surface area contributed by atoms with Gasteiger partial charge in [0.05, 0.1) is 7.11 Å². The topological polar surface area (TPSA) is 43.4 Å². The molecule has 4 rings (SSSR count). The molecule has 162 valence electrons. The number of esters is 1. The number of hydrogen-bond donors (Lipinski definition) is 0. The molecule has 4 aliphatic carbocycles. The lowest BCUT2D eigenvalue weighted by atomic mass is 9.44. The van der Waals surface area contributed by atoms with E-state index >= 15 is 0 Å². The number of allylic oxidation sites excluding steroid dienone is 1. The van der Waals surface area contributed by atoms with Gasteiger partial charge in [-0.3, -0.25) is 9.59 Å². The van der Waals surface area contributed by atoms with Crippen molar-refractivity contribution in [1.29, 1.82) is 0 Å². The molecule has 0 saturated heterocycles. The molecule has 0 amide bonds. The summed E-state index contributed by atoms with van der Waals surface area (Å²) in [6.45, 7) is 9.23. The van der Waals surface area contributed by atoms with Gasteiger partial charge < -0.3 is 4.74 Å². The number of Topliss-reactive ketones (excluding diaryl/α,β-unsaturated/α-hetero) is 1. The van der Waals surface area contributed by atoms with E-state index in [-0.39, 0.29) is 5.97 Å². The molecule has 0 aromatic carbocycles. The van der Waals surface area contributed by atoms with E-state index in [1.807, 2.05) is 0 Å². The molecule has 0 aromatic heterocycles. The summed E-state index contributed by atoms with van der Waals surface area (Å²) in [5, 5.41) is 0. The summed E-state index contributed by atoms with van der Waals surface area (Å²) >= 11 is 0. The van der Waals surface area contributed by atoms with Crippen molar-refractivity contribution >= 4 is 11.8 Å². The van der Waals surface area contributed by atoms with Crippen molar-refractivity contribution in [2.45, 2.75) is 84.5 Å². The van der Waals surface area contributed by atoms with Crippen molar-refractivity contribution in [3.05, 3.63) is 12.7 Å². The molecule has 2 unspecified atom stereocenters. The van der Waals surface area contributed by atoms with Crippen LogP contribution in [0.25, 0.3) is 0 Å². The molecule has 0 spiro atoms. The number of hydrogen-bond acceptors (Lipinski definition) is 3. The van der Waals surface area contributed by atoms with Gasteiger partial charge in [-0.15, -0.1) is 6.58 Å². The Morgan fingerprint density at radius 2 is 1.90 bits per heavy atom. The highest BCUT2D eigenvalue weighted by atomic mass is 16.5. The SMILES string of the molecule is C=C[C@H](CCC(=O)OC)[C@H]1CCC2[C@@H]3CC[C@@H]4CC(=O)CC[C@]4(C)C3CC[C@@]21C. The van der Waals surface area contributed by atoms with Gasteiger partial charge in [-0.05, 0) is 97.7 Å². The van der Waals surface area contributed by atoms with Crippen molar-refractivity contribution < 1.29 is 14.3 Å². The number of fused-ring (bicyclic) bond motifs is 5. The van der Waals surface area contributed by atoms with Crippen LogP contribution in [0.3, 0.4) is 0 Å². The Morgan fingerprint density at radius 3 is 2.62 bits per heavy atom. The molecule has 4 aliphatic rings. The van der Waals surface area contributed by atoms with Crippen LogP contribution in [0.2, 0.25) is 0 Å². The maximum absolute atomic E-state index is 12.1. The van der Waals surface area contributed by atoms with Crippen LogP contribution < -0.4 is 0 Å². The second kappa shape index (κ2) is 7.85. The predicted octanol–water partition coefficient (Wildman–Crippen LogP) is 5.97. The van der Waals surface area contributed by atoms with Crippen molar-refractivity contribution in [3.63, 3.8) is 0 Å². The Balaban J connectivity index is 1.52. The molecule has 29 heavy (non-hydrogen) atoms. The maximum Gasteiger partial charge on any atom is 0.305 e. The number of ketones is 1. The van der Waals surface area contributed by atoms with E-state index in [1.165, 1.54) is 45.6 Å². The fraction of sp³-hybridized carbons (Fsp3) is 0.846. The van der Waals surface area contributed by atoms with Gasteiger partial charge in [-0.1, -0.05) is 19.9 Å². The summed E-state index contributed by atoms with van der Waals surface area (Å²) in [6.07, 6.45) is 14.1. The number of carbonyl (C=O) groups is 2. The maximum atomic E-state index is 12.1. The van der Waals surface area contributed by atoms with E-state index in [4.69, 9.17) is 4.74 Å². The van der Waals surface area contributed by atoms with Crippen molar-refractivity contribution in [2.75, 3.05) is 7.11 Å². The standard InChI is InChI=1S/C26H40O3/c1-5-17(6-11-24(28)29-4)21-9-10-22-20-8-7-18-16-19(27)12-14-25(18,2)23(20)13-15-26(21,22)3/h5,17-18,20-23H,1,6-16H2,2-4H3/t17-,18-,20+,21-,22?,23?,25+,26-/m1/s1. The Kier molecular flexibility index (Phi) is 5.72.